The van der Waals surface area contributed by atoms with Crippen LogP contribution < -0.4 is 56.1 Å². The molecule has 0 fully saturated rings. The van der Waals surface area contributed by atoms with Crippen LogP contribution in [0.15, 0.2) is 22.7 Å². The van der Waals surface area contributed by atoms with E-state index in [9.17, 15) is 17.3 Å². The first-order chi connectivity index (χ1) is 6.38. The van der Waals surface area contributed by atoms with Crippen molar-refractivity contribution in [1.29, 1.82) is 0 Å². The normalized spacial score (nSPS) is 10.7. The van der Waals surface area contributed by atoms with E-state index in [1.54, 1.807) is 0 Å². The van der Waals surface area contributed by atoms with Crippen LogP contribution in [0.1, 0.15) is 0 Å². The first-order valence-electron chi connectivity index (χ1n) is 3.67. The third-order valence-corrected chi connectivity index (χ3v) is 1.97. The maximum atomic E-state index is 12.8. The molecule has 78 valence electrons. The first kappa shape index (κ1) is 15.9. The van der Waals surface area contributed by atoms with E-state index in [1.807, 2.05) is 0 Å². The summed E-state index contributed by atoms with van der Waals surface area (Å²) in [6, 6.07) is 3.44. The van der Waals surface area contributed by atoms with Gasteiger partial charge in [0.15, 0.2) is 0 Å². The fourth-order valence-electron chi connectivity index (χ4n) is 0.757. The Labute approximate surface area is 135 Å². The molecule has 1 rings (SSSR count). The summed E-state index contributed by atoms with van der Waals surface area (Å²) in [5.41, 5.74) is 0. The van der Waals surface area contributed by atoms with E-state index in [2.05, 4.69) is 20.7 Å². The zero-order valence-electron chi connectivity index (χ0n) is 7.81. The Balaban J connectivity index is 0.00000196. The second kappa shape index (κ2) is 6.61. The number of benzene rings is 1. The van der Waals surface area contributed by atoms with Crippen LogP contribution in [0.2, 0.25) is 0 Å². The average Bonchev–Trinajstić information content (AvgIpc) is 2.06. The Bertz CT molecular complexity index is 333. The van der Waals surface area contributed by atoms with Crippen LogP contribution in [0.4, 0.5) is 17.3 Å². The molecule has 0 unspecified atom stereocenters. The summed E-state index contributed by atoms with van der Waals surface area (Å²) in [6.45, 7) is -6.36. The number of halogens is 5. The molecule has 0 N–H and O–H groups in total. The van der Waals surface area contributed by atoms with Gasteiger partial charge in [-0.05, 0) is 28.1 Å². The third-order valence-electron chi connectivity index (χ3n) is 1.33. The van der Waals surface area contributed by atoms with E-state index in [1.165, 1.54) is 12.1 Å². The molecule has 1 aromatic carbocycles. The standard InChI is InChI=1S/C7H5BBrF4O.K/c9-6-2-1-5(3-7(6)10)14-4-8(11,12)13;/h1-3H,4H2;/q-1;+1. The molecule has 8 heteroatoms. The molecule has 0 spiro atoms. The maximum Gasteiger partial charge on any atom is 1.00 e. The molecule has 0 aliphatic rings. The van der Waals surface area contributed by atoms with Crippen LogP contribution in [-0.2, 0) is 0 Å². The summed E-state index contributed by atoms with van der Waals surface area (Å²) in [5.74, 6) is -0.790. The van der Waals surface area contributed by atoms with Gasteiger partial charge in [-0.3, -0.25) is 0 Å². The van der Waals surface area contributed by atoms with Gasteiger partial charge in [0.1, 0.15) is 11.6 Å². The molecule has 1 nitrogen and oxygen atoms in total. The Morgan fingerprint density at radius 2 is 1.87 bits per heavy atom. The maximum absolute atomic E-state index is 12.8. The van der Waals surface area contributed by atoms with E-state index in [4.69, 9.17) is 0 Å². The van der Waals surface area contributed by atoms with Gasteiger partial charge < -0.3 is 17.7 Å². The van der Waals surface area contributed by atoms with Gasteiger partial charge in [0, 0.05) is 6.07 Å². The van der Waals surface area contributed by atoms with Crippen molar-refractivity contribution >= 4 is 22.9 Å². The summed E-state index contributed by atoms with van der Waals surface area (Å²) in [6.07, 6.45) is 0. The molecule has 1 aromatic rings. The van der Waals surface area contributed by atoms with Gasteiger partial charge in [-0.1, -0.05) is 0 Å². The number of rotatable bonds is 3. The van der Waals surface area contributed by atoms with Crippen LogP contribution in [0.5, 0.6) is 5.75 Å². The average molecular weight is 311 g/mol. The molecule has 0 heterocycles. The number of hydrogen-bond acceptors (Lipinski definition) is 1. The van der Waals surface area contributed by atoms with E-state index in [0.29, 0.717) is 0 Å². The van der Waals surface area contributed by atoms with Gasteiger partial charge in [-0.2, -0.15) is 0 Å². The minimum Gasteiger partial charge on any atom is -0.522 e. The van der Waals surface area contributed by atoms with Crippen molar-refractivity contribution in [3.63, 3.8) is 0 Å². The Hall–Kier alpha value is 0.921. The molecule has 0 radical (unpaired) electrons. The fourth-order valence-corrected chi connectivity index (χ4v) is 1.00. The van der Waals surface area contributed by atoms with Gasteiger partial charge >= 0.3 is 58.4 Å². The summed E-state index contributed by atoms with van der Waals surface area (Å²) in [4.78, 5) is 0. The summed E-state index contributed by atoms with van der Waals surface area (Å²) in [5, 5.41) is 0. The van der Waals surface area contributed by atoms with Gasteiger partial charge in [-0.25, -0.2) is 4.39 Å². The number of hydrogen-bond donors (Lipinski definition) is 0. The van der Waals surface area contributed by atoms with Crippen molar-refractivity contribution in [1.82, 2.24) is 0 Å². The molecule has 15 heavy (non-hydrogen) atoms. The molecule has 0 aliphatic heterocycles. The van der Waals surface area contributed by atoms with Crippen molar-refractivity contribution in [2.24, 2.45) is 0 Å². The van der Waals surface area contributed by atoms with Crippen molar-refractivity contribution in [3.8, 4) is 5.75 Å². The van der Waals surface area contributed by atoms with Crippen LogP contribution in [0.25, 0.3) is 0 Å². The predicted molar refractivity (Wildman–Crippen MR) is 48.7 cm³/mol. The SMILES string of the molecule is Fc1cc(OC[B-](F)(F)F)ccc1Br.[K+]. The topological polar surface area (TPSA) is 9.23 Å². The molecule has 0 aromatic heterocycles. The van der Waals surface area contributed by atoms with Crippen molar-refractivity contribution in [2.45, 2.75) is 0 Å². The fraction of sp³-hybridized carbons (Fsp3) is 0.143. The summed E-state index contributed by atoms with van der Waals surface area (Å²) >= 11 is 2.87. The molecular formula is C7H5BBrF4KO. The number of ether oxygens (including phenoxy) is 1. The van der Waals surface area contributed by atoms with Gasteiger partial charge in [0.05, 0.1) is 11.0 Å². The Morgan fingerprint density at radius 1 is 1.27 bits per heavy atom. The molecule has 0 aliphatic carbocycles. The zero-order valence-corrected chi connectivity index (χ0v) is 12.5. The van der Waals surface area contributed by atoms with Crippen molar-refractivity contribution < 1.29 is 73.5 Å². The Morgan fingerprint density at radius 3 is 2.33 bits per heavy atom. The molecule has 0 saturated carbocycles. The molecule has 0 saturated heterocycles. The second-order valence-corrected chi connectivity index (χ2v) is 3.45. The zero-order chi connectivity index (χ0) is 10.8. The minimum atomic E-state index is -5.00. The van der Waals surface area contributed by atoms with E-state index in [-0.39, 0.29) is 61.6 Å². The molecule has 0 bridgehead atoms. The van der Waals surface area contributed by atoms with Crippen LogP contribution >= 0.6 is 15.9 Å². The first-order valence-corrected chi connectivity index (χ1v) is 4.46. The van der Waals surface area contributed by atoms with Crippen LogP contribution in [0.3, 0.4) is 0 Å². The smallest absolute Gasteiger partial charge is 0.522 e. The van der Waals surface area contributed by atoms with Crippen LogP contribution in [0, 0.1) is 5.82 Å². The van der Waals surface area contributed by atoms with Crippen LogP contribution in [-0.4, -0.2) is 13.5 Å². The van der Waals surface area contributed by atoms with E-state index >= 15 is 0 Å². The van der Waals surface area contributed by atoms with Crippen molar-refractivity contribution in [2.75, 3.05) is 6.51 Å². The quantitative estimate of drug-likeness (QED) is 0.578. The second-order valence-electron chi connectivity index (χ2n) is 2.60. The Kier molecular flexibility index (Phi) is 7.01. The van der Waals surface area contributed by atoms with Crippen molar-refractivity contribution in [3.05, 3.63) is 28.5 Å². The third kappa shape index (κ3) is 6.28. The minimum absolute atomic E-state index is 0. The van der Waals surface area contributed by atoms with E-state index < -0.39 is 19.3 Å². The molecular weight excluding hydrogens is 306 g/mol. The predicted octanol–water partition coefficient (Wildman–Crippen LogP) is 0.358. The van der Waals surface area contributed by atoms with Gasteiger partial charge in [0.2, 0.25) is 0 Å². The monoisotopic (exact) mass is 310 g/mol. The van der Waals surface area contributed by atoms with Gasteiger partial charge in [0.25, 0.3) is 0 Å². The molecule has 0 atom stereocenters. The summed E-state index contributed by atoms with van der Waals surface area (Å²) < 4.78 is 52.6. The summed E-state index contributed by atoms with van der Waals surface area (Å²) in [7, 11) is 0. The molecule has 0 amide bonds. The van der Waals surface area contributed by atoms with Gasteiger partial charge in [-0.15, -0.1) is 0 Å². The van der Waals surface area contributed by atoms with E-state index in [0.717, 1.165) is 6.07 Å². The largest absolute Gasteiger partial charge is 1.00 e.